The van der Waals surface area contributed by atoms with Crippen LogP contribution in [-0.2, 0) is 14.3 Å². The number of ether oxygens (including phenoxy) is 2. The van der Waals surface area contributed by atoms with Gasteiger partial charge in [-0.1, -0.05) is 12.1 Å². The Labute approximate surface area is 132 Å². The summed E-state index contributed by atoms with van der Waals surface area (Å²) >= 11 is 0. The number of aromatic amines is 1. The van der Waals surface area contributed by atoms with E-state index < -0.39 is 18.7 Å². The number of aromatic nitrogens is 2. The number of H-pyrrole nitrogens is 1. The second-order valence-corrected chi connectivity index (χ2v) is 5.15. The molecule has 1 atom stereocenters. The van der Waals surface area contributed by atoms with Crippen LogP contribution in [0.5, 0.6) is 0 Å². The van der Waals surface area contributed by atoms with E-state index in [1.807, 2.05) is 24.3 Å². The highest BCUT2D eigenvalue weighted by Crippen LogP contribution is 2.19. The summed E-state index contributed by atoms with van der Waals surface area (Å²) in [5.74, 6) is -0.645. The van der Waals surface area contributed by atoms with E-state index >= 15 is 0 Å². The van der Waals surface area contributed by atoms with Gasteiger partial charge in [0.25, 0.3) is 0 Å². The van der Waals surface area contributed by atoms with Crippen molar-refractivity contribution >= 4 is 22.6 Å². The average Bonchev–Trinajstić information content (AvgIpc) is 3.22. The minimum absolute atomic E-state index is 0.0543. The van der Waals surface area contributed by atoms with E-state index in [9.17, 15) is 15.2 Å². The van der Waals surface area contributed by atoms with Crippen molar-refractivity contribution in [3.63, 3.8) is 0 Å². The number of hydrogen-bond donors (Lipinski definition) is 2. The number of aliphatic hydroxyl groups excluding tert-OH is 1. The smallest absolute Gasteiger partial charge is 0.335 e. The van der Waals surface area contributed by atoms with Crippen molar-refractivity contribution in [1.29, 1.82) is 5.26 Å². The van der Waals surface area contributed by atoms with Gasteiger partial charge in [-0.05, 0) is 25.0 Å². The molecule has 23 heavy (non-hydrogen) atoms. The van der Waals surface area contributed by atoms with Gasteiger partial charge < -0.3 is 19.6 Å². The van der Waals surface area contributed by atoms with Crippen LogP contribution in [0.2, 0.25) is 0 Å². The number of nitrogens with one attached hydrogen (secondary N) is 1. The van der Waals surface area contributed by atoms with Crippen LogP contribution in [0, 0.1) is 11.3 Å². The molecule has 0 amide bonds. The molecule has 1 fully saturated rings. The predicted octanol–water partition coefficient (Wildman–Crippen LogP) is 2.08. The number of nitrogens with zero attached hydrogens (tertiary/aromatic N) is 2. The third kappa shape index (κ3) is 3.17. The number of fused-ring (bicyclic) bond motifs is 1. The van der Waals surface area contributed by atoms with Gasteiger partial charge in [0.1, 0.15) is 18.2 Å². The SMILES string of the molecule is N#C/C(=C(/O)COC(=O)[C@H]1CCCO1)c1nc2ccccc2[nH]1. The minimum atomic E-state index is -0.584. The molecule has 0 aliphatic carbocycles. The van der Waals surface area contributed by atoms with E-state index in [0.29, 0.717) is 18.5 Å². The van der Waals surface area contributed by atoms with Gasteiger partial charge in [0.05, 0.1) is 11.0 Å². The van der Waals surface area contributed by atoms with E-state index in [1.165, 1.54) is 0 Å². The van der Waals surface area contributed by atoms with Crippen molar-refractivity contribution in [2.75, 3.05) is 13.2 Å². The molecule has 7 heteroatoms. The number of para-hydroxylation sites is 2. The van der Waals surface area contributed by atoms with Crippen LogP contribution in [-0.4, -0.2) is 40.4 Å². The Hall–Kier alpha value is -2.85. The number of esters is 1. The van der Waals surface area contributed by atoms with Crippen LogP contribution in [0.4, 0.5) is 0 Å². The van der Waals surface area contributed by atoms with Crippen molar-refractivity contribution in [1.82, 2.24) is 9.97 Å². The molecule has 2 N–H and O–H groups in total. The summed E-state index contributed by atoms with van der Waals surface area (Å²) in [6.45, 7) is 0.142. The standard InChI is InChI=1S/C16H15N3O4/c17-8-10(15-18-11-4-1-2-5-12(11)19-15)13(20)9-23-16(21)14-6-3-7-22-14/h1-2,4-5,14,20H,3,6-7,9H2,(H,18,19)/b13-10-/t14-/m1/s1. The Morgan fingerprint density at radius 3 is 3.04 bits per heavy atom. The molecule has 0 bridgehead atoms. The number of carbonyl (C=O) groups is 1. The molecule has 0 saturated carbocycles. The summed E-state index contributed by atoms with van der Waals surface area (Å²) in [6.07, 6.45) is 0.835. The Kier molecular flexibility index (Phi) is 4.26. The molecule has 1 aromatic carbocycles. The van der Waals surface area contributed by atoms with E-state index in [1.54, 1.807) is 6.07 Å². The molecule has 0 radical (unpaired) electrons. The summed E-state index contributed by atoms with van der Waals surface area (Å²) in [5, 5.41) is 19.3. The third-order valence-electron chi connectivity index (χ3n) is 3.57. The fraction of sp³-hybridized carbons (Fsp3) is 0.312. The zero-order chi connectivity index (χ0) is 16.2. The van der Waals surface area contributed by atoms with Gasteiger partial charge >= 0.3 is 5.97 Å². The number of nitriles is 1. The second-order valence-electron chi connectivity index (χ2n) is 5.15. The zero-order valence-corrected chi connectivity index (χ0v) is 12.3. The number of imidazole rings is 1. The van der Waals surface area contributed by atoms with Crippen molar-refractivity contribution < 1.29 is 19.4 Å². The topological polar surface area (TPSA) is 108 Å². The first kappa shape index (κ1) is 15.1. The van der Waals surface area contributed by atoms with Crippen molar-refractivity contribution in [3.05, 3.63) is 35.8 Å². The molecule has 3 rings (SSSR count). The van der Waals surface area contributed by atoms with E-state index in [2.05, 4.69) is 9.97 Å². The molecule has 2 heterocycles. The van der Waals surface area contributed by atoms with Gasteiger partial charge in [-0.3, -0.25) is 0 Å². The maximum atomic E-state index is 11.8. The molecule has 1 aliphatic rings. The van der Waals surface area contributed by atoms with Crippen LogP contribution in [0.1, 0.15) is 18.7 Å². The van der Waals surface area contributed by atoms with Crippen molar-refractivity contribution in [2.45, 2.75) is 18.9 Å². The van der Waals surface area contributed by atoms with Gasteiger partial charge in [0.2, 0.25) is 0 Å². The maximum Gasteiger partial charge on any atom is 0.335 e. The lowest BCUT2D eigenvalue weighted by atomic mass is 10.2. The van der Waals surface area contributed by atoms with Crippen LogP contribution in [0.15, 0.2) is 30.0 Å². The van der Waals surface area contributed by atoms with Gasteiger partial charge in [-0.2, -0.15) is 5.26 Å². The molecular weight excluding hydrogens is 298 g/mol. The number of rotatable bonds is 4. The lowest BCUT2D eigenvalue weighted by molar-refractivity contribution is -0.153. The molecule has 0 spiro atoms. The minimum Gasteiger partial charge on any atom is -0.507 e. The highest BCUT2D eigenvalue weighted by molar-refractivity contribution is 5.83. The number of carbonyl (C=O) groups excluding carboxylic acids is 1. The third-order valence-corrected chi connectivity index (χ3v) is 3.57. The first-order valence-corrected chi connectivity index (χ1v) is 7.24. The lowest BCUT2D eigenvalue weighted by Gasteiger charge is -2.09. The largest absolute Gasteiger partial charge is 0.507 e. The Bertz CT molecular complexity index is 764. The molecule has 7 nitrogen and oxygen atoms in total. The van der Waals surface area contributed by atoms with Crippen molar-refractivity contribution in [2.24, 2.45) is 0 Å². The molecule has 2 aromatic rings. The van der Waals surface area contributed by atoms with Gasteiger partial charge in [0, 0.05) is 6.61 Å². The fourth-order valence-corrected chi connectivity index (χ4v) is 2.39. The predicted molar refractivity (Wildman–Crippen MR) is 81.2 cm³/mol. The molecule has 1 aliphatic heterocycles. The summed E-state index contributed by atoms with van der Waals surface area (Å²) in [7, 11) is 0. The first-order valence-electron chi connectivity index (χ1n) is 7.24. The van der Waals surface area contributed by atoms with Crippen LogP contribution < -0.4 is 0 Å². The maximum absolute atomic E-state index is 11.8. The van der Waals surface area contributed by atoms with E-state index in [0.717, 1.165) is 11.9 Å². The van der Waals surface area contributed by atoms with Gasteiger partial charge in [0.15, 0.2) is 17.7 Å². The first-order chi connectivity index (χ1) is 11.2. The molecule has 1 aromatic heterocycles. The molecule has 118 valence electrons. The Balaban J connectivity index is 1.76. The molecule has 0 unspecified atom stereocenters. The van der Waals surface area contributed by atoms with Crippen molar-refractivity contribution in [3.8, 4) is 6.07 Å². The normalized spacial score (nSPS) is 18.5. The molecule has 1 saturated heterocycles. The van der Waals surface area contributed by atoms with Crippen LogP contribution in [0.25, 0.3) is 16.6 Å². The Morgan fingerprint density at radius 1 is 1.52 bits per heavy atom. The van der Waals surface area contributed by atoms with Gasteiger partial charge in [-0.15, -0.1) is 0 Å². The fourth-order valence-electron chi connectivity index (χ4n) is 2.39. The highest BCUT2D eigenvalue weighted by atomic mass is 16.6. The highest BCUT2D eigenvalue weighted by Gasteiger charge is 2.25. The summed E-state index contributed by atoms with van der Waals surface area (Å²) in [4.78, 5) is 19.0. The lowest BCUT2D eigenvalue weighted by Crippen LogP contribution is -2.23. The zero-order valence-electron chi connectivity index (χ0n) is 12.3. The number of aliphatic hydroxyl groups is 1. The summed E-state index contributed by atoms with van der Waals surface area (Å²) in [6, 6.07) is 9.15. The monoisotopic (exact) mass is 313 g/mol. The van der Waals surface area contributed by atoms with Gasteiger partial charge in [-0.25, -0.2) is 9.78 Å². The second kappa shape index (κ2) is 6.50. The number of hydrogen-bond acceptors (Lipinski definition) is 6. The summed E-state index contributed by atoms with van der Waals surface area (Å²) < 4.78 is 10.2. The average molecular weight is 313 g/mol. The van der Waals surface area contributed by atoms with E-state index in [-0.39, 0.29) is 17.2 Å². The Morgan fingerprint density at radius 2 is 2.35 bits per heavy atom. The van der Waals surface area contributed by atoms with E-state index in [4.69, 9.17) is 9.47 Å². The summed E-state index contributed by atoms with van der Waals surface area (Å²) in [5.41, 5.74) is 1.38. The number of benzene rings is 1. The van der Waals surface area contributed by atoms with Crippen LogP contribution in [0.3, 0.4) is 0 Å². The van der Waals surface area contributed by atoms with Crippen LogP contribution >= 0.6 is 0 Å². The number of allylic oxidation sites excluding steroid dienone is 1. The quantitative estimate of drug-likeness (QED) is 0.508. The molecular formula is C16H15N3O4.